The van der Waals surface area contributed by atoms with Gasteiger partial charge in [0.2, 0.25) is 0 Å². The molecule has 0 bridgehead atoms. The molecule has 1 fully saturated rings. The van der Waals surface area contributed by atoms with Crippen LogP contribution in [-0.4, -0.2) is 19.2 Å². The van der Waals surface area contributed by atoms with Crippen LogP contribution in [0.15, 0.2) is 24.3 Å². The average Bonchev–Trinajstić information content (AvgIpc) is 2.41. The maximum Gasteiger partial charge on any atom is 0.302 e. The highest BCUT2D eigenvalue weighted by molar-refractivity contribution is 5.66. The van der Waals surface area contributed by atoms with Crippen LogP contribution in [0.4, 0.5) is 0 Å². The lowest BCUT2D eigenvalue weighted by molar-refractivity contribution is -0.150. The summed E-state index contributed by atoms with van der Waals surface area (Å²) in [6.07, 6.45) is 5.61. The highest BCUT2D eigenvalue weighted by atomic mass is 16.5. The van der Waals surface area contributed by atoms with E-state index in [2.05, 4.69) is 12.1 Å². The Morgan fingerprint density at radius 2 is 1.89 bits per heavy atom. The van der Waals surface area contributed by atoms with Crippen molar-refractivity contribution < 1.29 is 14.3 Å². The Balaban J connectivity index is 1.99. The van der Waals surface area contributed by atoms with Crippen LogP contribution >= 0.6 is 0 Å². The summed E-state index contributed by atoms with van der Waals surface area (Å²) in [7, 11) is 1.67. The molecule has 0 saturated heterocycles. The molecule has 2 atom stereocenters. The topological polar surface area (TPSA) is 35.5 Å². The molecule has 1 saturated carbocycles. The summed E-state index contributed by atoms with van der Waals surface area (Å²) >= 11 is 0. The molecule has 19 heavy (non-hydrogen) atoms. The minimum absolute atomic E-state index is 0.0911. The zero-order valence-corrected chi connectivity index (χ0v) is 11.7. The van der Waals surface area contributed by atoms with Crippen LogP contribution in [0.5, 0.6) is 5.75 Å². The molecular weight excluding hydrogens is 240 g/mol. The molecule has 3 heteroatoms. The van der Waals surface area contributed by atoms with Gasteiger partial charge in [-0.3, -0.25) is 4.79 Å². The molecule has 0 heterocycles. The molecule has 0 aromatic heterocycles. The van der Waals surface area contributed by atoms with Crippen LogP contribution in [0.2, 0.25) is 0 Å². The van der Waals surface area contributed by atoms with E-state index in [4.69, 9.17) is 9.47 Å². The van der Waals surface area contributed by atoms with Gasteiger partial charge in [0.05, 0.1) is 7.11 Å². The predicted octanol–water partition coefficient (Wildman–Crippen LogP) is 3.36. The first-order valence-electron chi connectivity index (χ1n) is 6.99. The van der Waals surface area contributed by atoms with Gasteiger partial charge in [0.15, 0.2) is 0 Å². The highest BCUT2D eigenvalue weighted by Crippen LogP contribution is 2.30. The van der Waals surface area contributed by atoms with E-state index in [1.165, 1.54) is 18.9 Å². The molecular formula is C16H22O3. The molecule has 0 radical (unpaired) electrons. The lowest BCUT2D eigenvalue weighted by Gasteiger charge is -2.31. The van der Waals surface area contributed by atoms with Gasteiger partial charge in [0.1, 0.15) is 11.9 Å². The molecule has 1 aliphatic rings. The predicted molar refractivity (Wildman–Crippen MR) is 74.2 cm³/mol. The molecule has 0 amide bonds. The van der Waals surface area contributed by atoms with E-state index in [9.17, 15) is 4.79 Å². The fourth-order valence-corrected chi connectivity index (χ4v) is 2.84. The summed E-state index contributed by atoms with van der Waals surface area (Å²) < 4.78 is 10.6. The summed E-state index contributed by atoms with van der Waals surface area (Å²) in [6.45, 7) is 1.50. The van der Waals surface area contributed by atoms with Crippen LogP contribution in [0.1, 0.15) is 38.2 Å². The van der Waals surface area contributed by atoms with Gasteiger partial charge < -0.3 is 9.47 Å². The SMILES string of the molecule is COc1ccc(C[C@H]2CCCC[C@H]2OC(C)=O)cc1. The molecule has 0 unspecified atom stereocenters. The molecule has 104 valence electrons. The Kier molecular flexibility index (Phi) is 4.83. The van der Waals surface area contributed by atoms with Crippen molar-refractivity contribution in [1.29, 1.82) is 0 Å². The number of esters is 1. The smallest absolute Gasteiger partial charge is 0.302 e. The molecule has 0 N–H and O–H groups in total. The number of carbonyl (C=O) groups is 1. The van der Waals surface area contributed by atoms with Gasteiger partial charge in [-0.2, -0.15) is 0 Å². The minimum atomic E-state index is -0.161. The Bertz CT molecular complexity index is 411. The first-order chi connectivity index (χ1) is 9.19. The number of carbonyl (C=O) groups excluding carboxylic acids is 1. The van der Waals surface area contributed by atoms with Gasteiger partial charge in [-0.1, -0.05) is 18.6 Å². The minimum Gasteiger partial charge on any atom is -0.497 e. The third-order valence-corrected chi connectivity index (χ3v) is 3.81. The lowest BCUT2D eigenvalue weighted by Crippen LogP contribution is -2.30. The zero-order chi connectivity index (χ0) is 13.7. The van der Waals surface area contributed by atoms with E-state index < -0.39 is 0 Å². The summed E-state index contributed by atoms with van der Waals surface area (Å²) in [6, 6.07) is 8.16. The first kappa shape index (κ1) is 13.9. The van der Waals surface area contributed by atoms with E-state index >= 15 is 0 Å². The largest absolute Gasteiger partial charge is 0.497 e. The maximum absolute atomic E-state index is 11.2. The first-order valence-corrected chi connectivity index (χ1v) is 6.99. The fourth-order valence-electron chi connectivity index (χ4n) is 2.84. The summed E-state index contributed by atoms with van der Waals surface area (Å²) in [5, 5.41) is 0. The number of hydrogen-bond donors (Lipinski definition) is 0. The van der Waals surface area contributed by atoms with E-state index in [-0.39, 0.29) is 12.1 Å². The van der Waals surface area contributed by atoms with E-state index in [1.54, 1.807) is 7.11 Å². The standard InChI is InChI=1S/C16H22O3/c1-12(17)19-16-6-4-3-5-14(16)11-13-7-9-15(18-2)10-8-13/h7-10,14,16H,3-6,11H2,1-2H3/t14-,16-/m1/s1. The molecule has 1 aromatic rings. The van der Waals surface area contributed by atoms with Crippen molar-refractivity contribution >= 4 is 5.97 Å². The van der Waals surface area contributed by atoms with Gasteiger partial charge in [0, 0.05) is 6.92 Å². The van der Waals surface area contributed by atoms with E-state index in [1.807, 2.05) is 12.1 Å². The molecule has 2 rings (SSSR count). The van der Waals surface area contributed by atoms with Gasteiger partial charge in [-0.25, -0.2) is 0 Å². The second-order valence-electron chi connectivity index (χ2n) is 5.24. The number of methoxy groups -OCH3 is 1. The normalized spacial score (nSPS) is 22.8. The van der Waals surface area contributed by atoms with E-state index in [0.29, 0.717) is 5.92 Å². The van der Waals surface area contributed by atoms with Crippen molar-refractivity contribution in [2.45, 2.75) is 45.1 Å². The third-order valence-electron chi connectivity index (χ3n) is 3.81. The molecule has 1 aromatic carbocycles. The van der Waals surface area contributed by atoms with Gasteiger partial charge in [-0.05, 0) is 49.3 Å². The number of ether oxygens (including phenoxy) is 2. The van der Waals surface area contributed by atoms with Gasteiger partial charge in [-0.15, -0.1) is 0 Å². The van der Waals surface area contributed by atoms with Crippen LogP contribution in [0.3, 0.4) is 0 Å². The van der Waals surface area contributed by atoms with Crippen molar-refractivity contribution in [2.24, 2.45) is 5.92 Å². The summed E-state index contributed by atoms with van der Waals surface area (Å²) in [4.78, 5) is 11.2. The Hall–Kier alpha value is -1.51. The highest BCUT2D eigenvalue weighted by Gasteiger charge is 2.27. The van der Waals surface area contributed by atoms with E-state index in [0.717, 1.165) is 31.4 Å². The van der Waals surface area contributed by atoms with Gasteiger partial charge >= 0.3 is 5.97 Å². The quantitative estimate of drug-likeness (QED) is 0.780. The van der Waals surface area contributed by atoms with Gasteiger partial charge in [0.25, 0.3) is 0 Å². The van der Waals surface area contributed by atoms with Crippen molar-refractivity contribution in [3.63, 3.8) is 0 Å². The Morgan fingerprint density at radius 3 is 2.53 bits per heavy atom. The zero-order valence-electron chi connectivity index (χ0n) is 11.7. The summed E-state index contributed by atoms with van der Waals surface area (Å²) in [5.74, 6) is 1.17. The second-order valence-corrected chi connectivity index (χ2v) is 5.24. The average molecular weight is 262 g/mol. The van der Waals surface area contributed by atoms with Crippen molar-refractivity contribution in [3.8, 4) is 5.75 Å². The Labute approximate surface area is 114 Å². The number of hydrogen-bond acceptors (Lipinski definition) is 3. The molecule has 3 nitrogen and oxygen atoms in total. The van der Waals surface area contributed by atoms with Crippen molar-refractivity contribution in [3.05, 3.63) is 29.8 Å². The summed E-state index contributed by atoms with van der Waals surface area (Å²) in [5.41, 5.74) is 1.28. The lowest BCUT2D eigenvalue weighted by atomic mass is 9.82. The van der Waals surface area contributed by atoms with Crippen LogP contribution in [0, 0.1) is 5.92 Å². The monoisotopic (exact) mass is 262 g/mol. The van der Waals surface area contributed by atoms with Crippen molar-refractivity contribution in [2.75, 3.05) is 7.11 Å². The van der Waals surface area contributed by atoms with Crippen LogP contribution in [0.25, 0.3) is 0 Å². The number of benzene rings is 1. The number of rotatable bonds is 4. The second kappa shape index (κ2) is 6.60. The Morgan fingerprint density at radius 1 is 1.21 bits per heavy atom. The molecule has 1 aliphatic carbocycles. The van der Waals surface area contributed by atoms with Crippen molar-refractivity contribution in [1.82, 2.24) is 0 Å². The van der Waals surface area contributed by atoms with Crippen LogP contribution in [-0.2, 0) is 16.0 Å². The van der Waals surface area contributed by atoms with Crippen LogP contribution < -0.4 is 4.74 Å². The maximum atomic E-state index is 11.2. The fraction of sp³-hybridized carbons (Fsp3) is 0.562. The third kappa shape index (κ3) is 3.98. The molecule has 0 spiro atoms. The molecule has 0 aliphatic heterocycles.